The number of benzene rings is 1. The number of ether oxygens (including phenoxy) is 2. The third kappa shape index (κ3) is 4.60. The van der Waals surface area contributed by atoms with Crippen LogP contribution in [0.4, 0.5) is 10.6 Å². The Morgan fingerprint density at radius 2 is 1.76 bits per heavy atom. The summed E-state index contributed by atoms with van der Waals surface area (Å²) in [7, 11) is 3.24. The van der Waals surface area contributed by atoms with Gasteiger partial charge in [-0.15, -0.1) is 0 Å². The zero-order valence-electron chi connectivity index (χ0n) is 21.1. The second-order valence-corrected chi connectivity index (χ2v) is 8.49. The number of aromatic nitrogens is 3. The highest BCUT2D eigenvalue weighted by Gasteiger charge is 2.25. The van der Waals surface area contributed by atoms with Crippen LogP contribution in [0.5, 0.6) is 5.75 Å². The van der Waals surface area contributed by atoms with Crippen molar-refractivity contribution in [3.05, 3.63) is 40.3 Å². The summed E-state index contributed by atoms with van der Waals surface area (Å²) in [6.07, 6.45) is -0.0248. The number of hydrogen-bond donors (Lipinski definition) is 2. The van der Waals surface area contributed by atoms with Crippen LogP contribution >= 0.6 is 0 Å². The Hall–Kier alpha value is -3.29. The van der Waals surface area contributed by atoms with Gasteiger partial charge in [-0.05, 0) is 76.8 Å². The highest BCUT2D eigenvalue weighted by molar-refractivity contribution is 5.93. The Morgan fingerprint density at radius 3 is 2.30 bits per heavy atom. The second-order valence-electron chi connectivity index (χ2n) is 8.49. The fourth-order valence-corrected chi connectivity index (χ4v) is 4.37. The molecule has 178 valence electrons. The van der Waals surface area contributed by atoms with Gasteiger partial charge in [-0.1, -0.05) is 6.92 Å². The maximum Gasteiger partial charge on any atom is 0.407 e. The largest absolute Gasteiger partial charge is 0.497 e. The molecule has 2 unspecified atom stereocenters. The average molecular weight is 454 g/mol. The van der Waals surface area contributed by atoms with E-state index in [0.29, 0.717) is 5.82 Å². The van der Waals surface area contributed by atoms with Crippen molar-refractivity contribution < 1.29 is 14.3 Å². The molecule has 2 atom stereocenters. The minimum absolute atomic E-state index is 0.104. The molecule has 8 nitrogen and oxygen atoms in total. The van der Waals surface area contributed by atoms with Crippen molar-refractivity contribution in [1.82, 2.24) is 19.9 Å². The highest BCUT2D eigenvalue weighted by atomic mass is 16.6. The third-order valence-electron chi connectivity index (χ3n) is 6.22. The van der Waals surface area contributed by atoms with Crippen LogP contribution in [0.1, 0.15) is 48.5 Å². The number of carbonyl (C=O) groups is 1. The summed E-state index contributed by atoms with van der Waals surface area (Å²) in [5.74, 6) is 2.26. The predicted molar refractivity (Wildman–Crippen MR) is 132 cm³/mol. The normalized spacial score (nSPS) is 13.0. The minimum atomic E-state index is -0.449. The zero-order valence-corrected chi connectivity index (χ0v) is 21.1. The number of fused-ring (bicyclic) bond motifs is 1. The van der Waals surface area contributed by atoms with Crippen LogP contribution in [0.25, 0.3) is 16.7 Å². The Kier molecular flexibility index (Phi) is 7.15. The number of rotatable bonds is 7. The Morgan fingerprint density at radius 1 is 1.12 bits per heavy atom. The summed E-state index contributed by atoms with van der Waals surface area (Å²) in [6.45, 7) is 14.2. The van der Waals surface area contributed by atoms with Gasteiger partial charge in [0.2, 0.25) is 0 Å². The molecule has 2 N–H and O–H groups in total. The van der Waals surface area contributed by atoms with Crippen molar-refractivity contribution >= 4 is 22.9 Å². The molecule has 33 heavy (non-hydrogen) atoms. The first-order chi connectivity index (χ1) is 15.6. The number of nitrogens with one attached hydrogen (secondary N) is 2. The summed E-state index contributed by atoms with van der Waals surface area (Å²) in [5, 5.41) is 7.01. The Labute approximate surface area is 195 Å². The molecule has 1 amide bonds. The van der Waals surface area contributed by atoms with Crippen LogP contribution in [-0.2, 0) is 4.74 Å². The first-order valence-electron chi connectivity index (χ1n) is 11.3. The van der Waals surface area contributed by atoms with Gasteiger partial charge in [0.25, 0.3) is 0 Å². The SMILES string of the molecule is CCC(Nc1nc(C)nc2c1c(C)c(C)n2-c1c(C)cc(OC)cc1C)C(C)OC(=O)NC. The van der Waals surface area contributed by atoms with Gasteiger partial charge in [0.05, 0.1) is 24.2 Å². The van der Waals surface area contributed by atoms with E-state index < -0.39 is 6.09 Å². The van der Waals surface area contributed by atoms with Gasteiger partial charge >= 0.3 is 6.09 Å². The molecule has 0 aliphatic heterocycles. The van der Waals surface area contributed by atoms with Gasteiger partial charge in [0.15, 0.2) is 5.65 Å². The molecule has 0 aliphatic carbocycles. The lowest BCUT2D eigenvalue weighted by Crippen LogP contribution is -2.37. The average Bonchev–Trinajstić information content (AvgIpc) is 3.01. The molecule has 0 radical (unpaired) electrons. The number of hydrogen-bond acceptors (Lipinski definition) is 6. The molecule has 1 aromatic carbocycles. The molecule has 3 aromatic rings. The number of methoxy groups -OCH3 is 1. The molecule has 2 aromatic heterocycles. The molecule has 0 saturated carbocycles. The van der Waals surface area contributed by atoms with E-state index in [-0.39, 0.29) is 12.1 Å². The van der Waals surface area contributed by atoms with Crippen LogP contribution in [-0.4, -0.2) is 46.9 Å². The molecule has 3 rings (SSSR count). The van der Waals surface area contributed by atoms with E-state index >= 15 is 0 Å². The fourth-order valence-electron chi connectivity index (χ4n) is 4.37. The van der Waals surface area contributed by atoms with Crippen LogP contribution in [0.3, 0.4) is 0 Å². The lowest BCUT2D eigenvalue weighted by atomic mass is 10.1. The van der Waals surface area contributed by atoms with Gasteiger partial charge in [0.1, 0.15) is 23.5 Å². The number of alkyl carbamates (subject to hydrolysis) is 1. The summed E-state index contributed by atoms with van der Waals surface area (Å²) in [5.41, 5.74) is 6.38. The van der Waals surface area contributed by atoms with E-state index in [1.165, 1.54) is 0 Å². The van der Waals surface area contributed by atoms with Gasteiger partial charge in [-0.2, -0.15) is 0 Å². The first-order valence-corrected chi connectivity index (χ1v) is 11.3. The molecule has 0 aliphatic rings. The molecule has 0 spiro atoms. The Balaban J connectivity index is 2.17. The maximum atomic E-state index is 11.7. The number of anilines is 1. The van der Waals surface area contributed by atoms with Gasteiger partial charge in [0, 0.05) is 12.7 Å². The smallest absolute Gasteiger partial charge is 0.407 e. The van der Waals surface area contributed by atoms with Crippen molar-refractivity contribution in [2.24, 2.45) is 0 Å². The van der Waals surface area contributed by atoms with E-state index in [0.717, 1.165) is 57.1 Å². The van der Waals surface area contributed by atoms with Gasteiger partial charge in [-0.25, -0.2) is 14.8 Å². The van der Waals surface area contributed by atoms with Crippen molar-refractivity contribution in [2.75, 3.05) is 19.5 Å². The minimum Gasteiger partial charge on any atom is -0.497 e. The van der Waals surface area contributed by atoms with E-state index in [9.17, 15) is 4.79 Å². The number of aryl methyl sites for hydroxylation is 4. The summed E-state index contributed by atoms with van der Waals surface area (Å²) in [6, 6.07) is 3.98. The van der Waals surface area contributed by atoms with Crippen LogP contribution in [0, 0.1) is 34.6 Å². The predicted octanol–water partition coefficient (Wildman–Crippen LogP) is 4.91. The Bertz CT molecular complexity index is 1160. The van der Waals surface area contributed by atoms with Crippen LogP contribution in [0.15, 0.2) is 12.1 Å². The zero-order chi connectivity index (χ0) is 24.4. The van der Waals surface area contributed by atoms with E-state index in [1.807, 2.05) is 26.0 Å². The maximum absolute atomic E-state index is 11.7. The van der Waals surface area contributed by atoms with Crippen LogP contribution < -0.4 is 15.4 Å². The van der Waals surface area contributed by atoms with E-state index in [2.05, 4.69) is 49.8 Å². The number of carbonyl (C=O) groups excluding carboxylic acids is 1. The molecule has 8 heteroatoms. The monoisotopic (exact) mass is 453 g/mol. The summed E-state index contributed by atoms with van der Waals surface area (Å²) in [4.78, 5) is 21.3. The molecular formula is C25H35N5O3. The second kappa shape index (κ2) is 9.68. The fraction of sp³-hybridized carbons (Fsp3) is 0.480. The lowest BCUT2D eigenvalue weighted by Gasteiger charge is -2.25. The molecular weight excluding hydrogens is 418 g/mol. The summed E-state index contributed by atoms with van der Waals surface area (Å²) >= 11 is 0. The van der Waals surface area contributed by atoms with Crippen LogP contribution in [0.2, 0.25) is 0 Å². The van der Waals surface area contributed by atoms with Gasteiger partial charge in [-0.3, -0.25) is 4.57 Å². The third-order valence-corrected chi connectivity index (χ3v) is 6.22. The molecule has 0 saturated heterocycles. The van der Waals surface area contributed by atoms with Crippen molar-refractivity contribution in [1.29, 1.82) is 0 Å². The first kappa shape index (κ1) is 24.4. The quantitative estimate of drug-likeness (QED) is 0.528. The molecule has 2 heterocycles. The van der Waals surface area contributed by atoms with Crippen molar-refractivity contribution in [3.8, 4) is 11.4 Å². The number of nitrogens with zero attached hydrogens (tertiary/aromatic N) is 3. The summed E-state index contributed by atoms with van der Waals surface area (Å²) < 4.78 is 13.1. The van der Waals surface area contributed by atoms with Gasteiger partial charge < -0.3 is 20.1 Å². The number of amides is 1. The van der Waals surface area contributed by atoms with Crippen molar-refractivity contribution in [2.45, 2.75) is 67.0 Å². The topological polar surface area (TPSA) is 90.3 Å². The molecule has 0 bridgehead atoms. The lowest BCUT2D eigenvalue weighted by molar-refractivity contribution is 0.0973. The van der Waals surface area contributed by atoms with E-state index in [1.54, 1.807) is 14.2 Å². The van der Waals surface area contributed by atoms with E-state index in [4.69, 9.17) is 19.4 Å². The highest BCUT2D eigenvalue weighted by Crippen LogP contribution is 2.35. The molecule has 0 fully saturated rings. The standard InChI is InChI=1S/C25H35N5O3/c1-10-20(17(6)33-25(31)26-8)29-23-21-15(4)16(5)30(24(21)28-18(7)27-23)22-13(2)11-19(32-9)12-14(22)3/h11-12,17,20H,10H2,1-9H3,(H,26,31)(H,27,28,29). The van der Waals surface area contributed by atoms with Crippen molar-refractivity contribution in [3.63, 3.8) is 0 Å².